The second-order valence-corrected chi connectivity index (χ2v) is 8.08. The Morgan fingerprint density at radius 1 is 1.06 bits per heavy atom. The van der Waals surface area contributed by atoms with Gasteiger partial charge < -0.3 is 15.6 Å². The van der Waals surface area contributed by atoms with Crippen LogP contribution in [0, 0.1) is 0 Å². The summed E-state index contributed by atoms with van der Waals surface area (Å²) in [5.41, 5.74) is 10.4. The minimum absolute atomic E-state index is 0.0161. The lowest BCUT2D eigenvalue weighted by atomic mass is 9.97. The zero-order chi connectivity index (χ0) is 21.9. The average Bonchev–Trinajstić information content (AvgIpc) is 2.88. The summed E-state index contributed by atoms with van der Waals surface area (Å²) >= 11 is 0. The first-order chi connectivity index (χ1) is 15.8. The van der Waals surface area contributed by atoms with Gasteiger partial charge in [-0.05, 0) is 11.6 Å². The summed E-state index contributed by atoms with van der Waals surface area (Å²) in [6.07, 6.45) is 1.76. The minimum Gasteiger partial charge on any atom is -0.394 e. The molecule has 32 heavy (non-hydrogen) atoms. The Labute approximate surface area is 187 Å². The molecule has 1 atom stereocenters. The molecule has 1 fully saturated rings. The number of benzene rings is 2. The van der Waals surface area contributed by atoms with Crippen molar-refractivity contribution in [3.63, 3.8) is 0 Å². The number of aliphatic hydroxyl groups excluding tert-OH is 1. The quantitative estimate of drug-likeness (QED) is 0.511. The number of aromatic amines is 1. The van der Waals surface area contributed by atoms with Gasteiger partial charge >= 0.3 is 0 Å². The predicted octanol–water partition coefficient (Wildman–Crippen LogP) is 2.32. The lowest BCUT2D eigenvalue weighted by molar-refractivity contribution is -0.386. The van der Waals surface area contributed by atoms with Crippen LogP contribution in [-0.4, -0.2) is 42.5 Å². The van der Waals surface area contributed by atoms with E-state index in [2.05, 4.69) is 70.2 Å². The molecule has 4 aromatic rings. The lowest BCUT2D eigenvalue weighted by Gasteiger charge is -2.28. The molecule has 3 heterocycles. The molecule has 0 radical (unpaired) electrons. The summed E-state index contributed by atoms with van der Waals surface area (Å²) in [6.45, 7) is 2.78. The van der Waals surface area contributed by atoms with Crippen LogP contribution in [-0.2, 0) is 11.3 Å². The van der Waals surface area contributed by atoms with Gasteiger partial charge in [0.1, 0.15) is 19.2 Å². The first kappa shape index (κ1) is 20.6. The highest BCUT2D eigenvalue weighted by Crippen LogP contribution is 2.35. The first-order valence-corrected chi connectivity index (χ1v) is 11.0. The van der Waals surface area contributed by atoms with Crippen LogP contribution >= 0.6 is 0 Å². The maximum absolute atomic E-state index is 9.58. The van der Waals surface area contributed by atoms with E-state index in [1.165, 1.54) is 5.56 Å². The van der Waals surface area contributed by atoms with Crippen molar-refractivity contribution in [3.05, 3.63) is 78.5 Å². The average molecular weight is 429 g/mol. The van der Waals surface area contributed by atoms with Crippen molar-refractivity contribution in [3.8, 4) is 22.4 Å². The maximum atomic E-state index is 9.58. The normalized spacial score (nSPS) is 16.4. The molecule has 0 aliphatic carbocycles. The molecular formula is C26H28N4O2+2. The van der Waals surface area contributed by atoms with Crippen molar-refractivity contribution in [1.29, 1.82) is 0 Å². The topological polar surface area (TPSA) is 87.4 Å². The van der Waals surface area contributed by atoms with Gasteiger partial charge in [-0.1, -0.05) is 54.6 Å². The summed E-state index contributed by atoms with van der Waals surface area (Å²) in [5, 5.41) is 10.6. The summed E-state index contributed by atoms with van der Waals surface area (Å²) < 4.78 is 5.65. The van der Waals surface area contributed by atoms with E-state index in [4.69, 9.17) is 9.72 Å². The van der Waals surface area contributed by atoms with Crippen LogP contribution in [0.1, 0.15) is 5.56 Å². The SMILES string of the molecule is [NH3+]Cc1ccc(-c2nc3cc[nH+]c(N4CCOC(CO)C4)c3cc2-c2ccccc2)cc1. The number of nitrogens with zero attached hydrogens (tertiary/aromatic N) is 2. The van der Waals surface area contributed by atoms with Crippen LogP contribution in [0.4, 0.5) is 5.82 Å². The molecule has 0 saturated carbocycles. The number of hydrogen-bond acceptors (Lipinski definition) is 4. The van der Waals surface area contributed by atoms with Crippen LogP contribution in [0.15, 0.2) is 72.9 Å². The zero-order valence-corrected chi connectivity index (χ0v) is 18.0. The molecule has 1 aliphatic heterocycles. The molecule has 2 aromatic carbocycles. The van der Waals surface area contributed by atoms with Gasteiger partial charge in [-0.3, -0.25) is 4.90 Å². The number of quaternary nitrogens is 1. The number of hydrogen-bond donors (Lipinski definition) is 2. The Morgan fingerprint density at radius 2 is 1.88 bits per heavy atom. The highest BCUT2D eigenvalue weighted by Gasteiger charge is 2.28. The molecule has 0 amide bonds. The van der Waals surface area contributed by atoms with E-state index in [0.717, 1.165) is 52.2 Å². The fourth-order valence-electron chi connectivity index (χ4n) is 4.30. The summed E-state index contributed by atoms with van der Waals surface area (Å²) in [5.74, 6) is 1.01. The number of aromatic nitrogens is 2. The van der Waals surface area contributed by atoms with Gasteiger partial charge in [0.05, 0.1) is 42.6 Å². The zero-order valence-electron chi connectivity index (χ0n) is 18.0. The van der Waals surface area contributed by atoms with Gasteiger partial charge in [0.25, 0.3) is 5.82 Å². The number of morpholine rings is 1. The van der Waals surface area contributed by atoms with E-state index < -0.39 is 0 Å². The molecule has 5 rings (SSSR count). The number of H-pyrrole nitrogens is 1. The van der Waals surface area contributed by atoms with Crippen molar-refractivity contribution < 1.29 is 20.6 Å². The molecular weight excluding hydrogens is 400 g/mol. The number of nitrogens with one attached hydrogen (secondary N) is 1. The van der Waals surface area contributed by atoms with E-state index in [9.17, 15) is 5.11 Å². The Hall–Kier alpha value is -3.32. The second-order valence-electron chi connectivity index (χ2n) is 8.08. The molecule has 162 valence electrons. The number of anilines is 1. The van der Waals surface area contributed by atoms with Crippen LogP contribution < -0.4 is 15.6 Å². The monoisotopic (exact) mass is 428 g/mol. The van der Waals surface area contributed by atoms with E-state index in [1.54, 1.807) is 0 Å². The van der Waals surface area contributed by atoms with Gasteiger partial charge in [0.15, 0.2) is 0 Å². The van der Waals surface area contributed by atoms with Gasteiger partial charge in [0.2, 0.25) is 0 Å². The largest absolute Gasteiger partial charge is 0.394 e. The molecule has 0 spiro atoms. The van der Waals surface area contributed by atoms with Crippen molar-refractivity contribution in [2.45, 2.75) is 12.6 Å². The molecule has 6 heteroatoms. The first-order valence-electron chi connectivity index (χ1n) is 11.0. The van der Waals surface area contributed by atoms with Crippen LogP contribution in [0.5, 0.6) is 0 Å². The number of pyridine rings is 2. The van der Waals surface area contributed by atoms with Crippen LogP contribution in [0.25, 0.3) is 33.3 Å². The number of fused-ring (bicyclic) bond motifs is 1. The molecule has 1 saturated heterocycles. The van der Waals surface area contributed by atoms with E-state index >= 15 is 0 Å². The van der Waals surface area contributed by atoms with Gasteiger partial charge in [-0.2, -0.15) is 0 Å². The number of ether oxygens (including phenoxy) is 1. The van der Waals surface area contributed by atoms with E-state index in [1.807, 2.05) is 18.3 Å². The van der Waals surface area contributed by atoms with E-state index in [0.29, 0.717) is 13.2 Å². The Balaban J connectivity index is 1.69. The summed E-state index contributed by atoms with van der Waals surface area (Å²) in [4.78, 5) is 10.8. The summed E-state index contributed by atoms with van der Waals surface area (Å²) in [6, 6.07) is 23.1. The van der Waals surface area contributed by atoms with E-state index in [-0.39, 0.29) is 12.7 Å². The second kappa shape index (κ2) is 9.04. The van der Waals surface area contributed by atoms with Gasteiger partial charge in [0, 0.05) is 22.8 Å². The molecule has 0 bridgehead atoms. The third-order valence-electron chi connectivity index (χ3n) is 6.03. The smallest absolute Gasteiger partial charge is 0.284 e. The van der Waals surface area contributed by atoms with Gasteiger partial charge in [-0.15, -0.1) is 0 Å². The number of aliphatic hydroxyl groups is 1. The standard InChI is InChI=1S/C26H26N4O2/c27-15-18-6-8-20(9-7-18)25-22(19-4-2-1-3-5-19)14-23-24(29-25)10-11-28-26(23)30-12-13-32-21(16-30)17-31/h1-11,14,21,31H,12-13,15-17,27H2/p+2. The van der Waals surface area contributed by atoms with Crippen molar-refractivity contribution in [1.82, 2.24) is 4.98 Å². The fraction of sp³-hybridized carbons (Fsp3) is 0.231. The third kappa shape index (κ3) is 3.96. The third-order valence-corrected chi connectivity index (χ3v) is 6.03. The number of rotatable bonds is 5. The van der Waals surface area contributed by atoms with Crippen molar-refractivity contribution >= 4 is 16.7 Å². The van der Waals surface area contributed by atoms with Crippen LogP contribution in [0.2, 0.25) is 0 Å². The Bertz CT molecular complexity index is 1210. The van der Waals surface area contributed by atoms with Crippen molar-refractivity contribution in [2.24, 2.45) is 0 Å². The highest BCUT2D eigenvalue weighted by atomic mass is 16.5. The predicted molar refractivity (Wildman–Crippen MR) is 125 cm³/mol. The van der Waals surface area contributed by atoms with Crippen molar-refractivity contribution in [2.75, 3.05) is 31.2 Å². The fourth-order valence-corrected chi connectivity index (χ4v) is 4.30. The van der Waals surface area contributed by atoms with Crippen LogP contribution in [0.3, 0.4) is 0 Å². The summed E-state index contributed by atoms with van der Waals surface area (Å²) in [7, 11) is 0. The molecule has 1 unspecified atom stereocenters. The Morgan fingerprint density at radius 3 is 2.62 bits per heavy atom. The Kier molecular flexibility index (Phi) is 5.81. The molecule has 2 aromatic heterocycles. The minimum atomic E-state index is -0.181. The maximum Gasteiger partial charge on any atom is 0.284 e. The molecule has 1 aliphatic rings. The lowest BCUT2D eigenvalue weighted by Crippen LogP contribution is -2.47. The van der Waals surface area contributed by atoms with Gasteiger partial charge in [-0.25, -0.2) is 9.97 Å². The molecule has 6 nitrogen and oxygen atoms in total. The molecule has 5 N–H and O–H groups in total. The highest BCUT2D eigenvalue weighted by molar-refractivity contribution is 5.96.